The van der Waals surface area contributed by atoms with Crippen LogP contribution in [0.25, 0.3) is 0 Å². The summed E-state index contributed by atoms with van der Waals surface area (Å²) in [6.45, 7) is 1.63. The molecule has 2 aromatic carbocycles. The van der Waals surface area contributed by atoms with Crippen LogP contribution in [-0.2, 0) is 9.59 Å². The molecule has 0 fully saturated rings. The zero-order chi connectivity index (χ0) is 20.1. The van der Waals surface area contributed by atoms with Gasteiger partial charge in [-0.15, -0.1) is 0 Å². The Bertz CT molecular complexity index is 869. The third-order valence-corrected chi connectivity index (χ3v) is 3.90. The van der Waals surface area contributed by atoms with Crippen molar-refractivity contribution >= 4 is 35.1 Å². The highest BCUT2D eigenvalue weighted by atomic mass is 35.5. The molecule has 0 spiro atoms. The Kier molecular flexibility index (Phi) is 6.25. The highest BCUT2D eigenvalue weighted by Crippen LogP contribution is 2.23. The van der Waals surface area contributed by atoms with Gasteiger partial charge in [-0.1, -0.05) is 11.6 Å². The lowest BCUT2D eigenvalue weighted by Gasteiger charge is -2.23. The second kappa shape index (κ2) is 8.41. The van der Waals surface area contributed by atoms with Crippen molar-refractivity contribution in [2.24, 2.45) is 0 Å². The van der Waals surface area contributed by atoms with Crippen molar-refractivity contribution in [2.45, 2.75) is 19.1 Å². The first kappa shape index (κ1) is 20.1. The molecule has 142 valence electrons. The number of anilines is 1. The highest BCUT2D eigenvalue weighted by Gasteiger charge is 2.37. The summed E-state index contributed by atoms with van der Waals surface area (Å²) in [5, 5.41) is 21.5. The van der Waals surface area contributed by atoms with E-state index < -0.39 is 30.0 Å². The molecule has 5 N–H and O–H groups in total. The average Bonchev–Trinajstić information content (AvgIpc) is 2.59. The summed E-state index contributed by atoms with van der Waals surface area (Å²) in [5.74, 6) is -3.74. The number of carbonyl (C=O) groups excluding carboxylic acids is 1. The largest absolute Gasteiger partial charge is 0.480 e. The molecule has 0 aliphatic carbocycles. The van der Waals surface area contributed by atoms with Crippen LogP contribution < -0.4 is 15.8 Å². The first-order valence-corrected chi connectivity index (χ1v) is 8.11. The second-order valence-corrected chi connectivity index (χ2v) is 6.13. The third-order valence-electron chi connectivity index (χ3n) is 3.66. The van der Waals surface area contributed by atoms with Gasteiger partial charge < -0.3 is 26.0 Å². The molecule has 0 radical (unpaired) electrons. The van der Waals surface area contributed by atoms with Crippen molar-refractivity contribution in [3.63, 3.8) is 0 Å². The normalized spacial score (nSPS) is 12.7. The predicted octanol–water partition coefficient (Wildman–Crippen LogP) is 1.95. The predicted molar refractivity (Wildman–Crippen MR) is 98.0 cm³/mol. The molecular weight excluding hydrogens is 376 g/mol. The maximum absolute atomic E-state index is 12.3. The van der Waals surface area contributed by atoms with Crippen molar-refractivity contribution in [3.8, 4) is 5.75 Å². The highest BCUT2D eigenvalue weighted by molar-refractivity contribution is 6.30. The number of carboxylic acids is 2. The average molecular weight is 393 g/mol. The van der Waals surface area contributed by atoms with E-state index in [1.807, 2.05) is 0 Å². The van der Waals surface area contributed by atoms with E-state index in [1.165, 1.54) is 36.4 Å². The lowest BCUT2D eigenvalue weighted by atomic mass is 10.1. The number of aliphatic carboxylic acids is 2. The standard InChI is InChI=1S/C18H17ClN2O6/c1-9-8-11(19)4-7-13(9)27-15(18(25)26)14(17(23)24)21-16(22)10-2-5-12(20)6-3-10/h2-8,14-15H,20H2,1H3,(H,21,22)(H,23,24)(H,25,26). The number of nitrogens with two attached hydrogens (primary N) is 1. The molecule has 27 heavy (non-hydrogen) atoms. The molecule has 0 aromatic heterocycles. The van der Waals surface area contributed by atoms with E-state index >= 15 is 0 Å². The number of nitrogen functional groups attached to an aromatic ring is 1. The van der Waals surface area contributed by atoms with Gasteiger partial charge in [-0.05, 0) is 55.0 Å². The first-order chi connectivity index (χ1) is 12.7. The van der Waals surface area contributed by atoms with E-state index in [1.54, 1.807) is 13.0 Å². The molecule has 2 atom stereocenters. The fourth-order valence-electron chi connectivity index (χ4n) is 2.27. The third kappa shape index (κ3) is 5.11. The smallest absolute Gasteiger partial charge is 0.347 e. The summed E-state index contributed by atoms with van der Waals surface area (Å²) in [4.78, 5) is 35.5. The van der Waals surface area contributed by atoms with Crippen molar-refractivity contribution in [3.05, 3.63) is 58.6 Å². The zero-order valence-corrected chi connectivity index (χ0v) is 14.9. The minimum absolute atomic E-state index is 0.127. The second-order valence-electron chi connectivity index (χ2n) is 5.70. The summed E-state index contributed by atoms with van der Waals surface area (Å²) in [7, 11) is 0. The number of hydrogen-bond donors (Lipinski definition) is 4. The van der Waals surface area contributed by atoms with Gasteiger partial charge in [-0.2, -0.15) is 0 Å². The van der Waals surface area contributed by atoms with Crippen LogP contribution in [0.4, 0.5) is 5.69 Å². The Morgan fingerprint density at radius 3 is 2.22 bits per heavy atom. The Morgan fingerprint density at radius 1 is 1.07 bits per heavy atom. The Morgan fingerprint density at radius 2 is 1.70 bits per heavy atom. The molecule has 8 nitrogen and oxygen atoms in total. The number of ether oxygens (including phenoxy) is 1. The number of benzene rings is 2. The summed E-state index contributed by atoms with van der Waals surface area (Å²) < 4.78 is 5.37. The summed E-state index contributed by atoms with van der Waals surface area (Å²) in [5.41, 5.74) is 6.61. The van der Waals surface area contributed by atoms with E-state index in [0.29, 0.717) is 16.3 Å². The summed E-state index contributed by atoms with van der Waals surface area (Å²) in [6.07, 6.45) is -1.86. The SMILES string of the molecule is Cc1cc(Cl)ccc1OC(C(=O)O)C(NC(=O)c1ccc(N)cc1)C(=O)O. The molecule has 2 aromatic rings. The summed E-state index contributed by atoms with van der Waals surface area (Å²) >= 11 is 5.84. The molecule has 0 saturated heterocycles. The molecule has 0 bridgehead atoms. The van der Waals surface area contributed by atoms with Crippen LogP contribution in [0.15, 0.2) is 42.5 Å². The lowest BCUT2D eigenvalue weighted by molar-refractivity contribution is -0.154. The summed E-state index contributed by atoms with van der Waals surface area (Å²) in [6, 6.07) is 8.33. The van der Waals surface area contributed by atoms with Crippen LogP contribution >= 0.6 is 11.6 Å². The van der Waals surface area contributed by atoms with Gasteiger partial charge in [-0.25, -0.2) is 9.59 Å². The molecule has 0 aliphatic rings. The van der Waals surface area contributed by atoms with Gasteiger partial charge in [-0.3, -0.25) is 4.79 Å². The van der Waals surface area contributed by atoms with E-state index in [-0.39, 0.29) is 11.3 Å². The number of halogens is 1. The topological polar surface area (TPSA) is 139 Å². The number of aryl methyl sites for hydroxylation is 1. The quantitative estimate of drug-likeness (QED) is 0.528. The van der Waals surface area contributed by atoms with Gasteiger partial charge in [0, 0.05) is 16.3 Å². The minimum Gasteiger partial charge on any atom is -0.480 e. The number of carboxylic acid groups (broad SMARTS) is 2. The number of nitrogens with one attached hydrogen (secondary N) is 1. The molecule has 0 aliphatic heterocycles. The van der Waals surface area contributed by atoms with Crippen LogP contribution in [0.5, 0.6) is 5.75 Å². The van der Waals surface area contributed by atoms with Crippen LogP contribution in [0.2, 0.25) is 5.02 Å². The molecule has 2 unspecified atom stereocenters. The van der Waals surface area contributed by atoms with Crippen molar-refractivity contribution in [2.75, 3.05) is 5.73 Å². The lowest BCUT2D eigenvalue weighted by Crippen LogP contribution is -2.54. The molecule has 0 heterocycles. The first-order valence-electron chi connectivity index (χ1n) is 7.74. The molecule has 1 amide bonds. The Hall–Kier alpha value is -3.26. The maximum Gasteiger partial charge on any atom is 0.347 e. The fourth-order valence-corrected chi connectivity index (χ4v) is 2.50. The van der Waals surface area contributed by atoms with E-state index in [4.69, 9.17) is 22.1 Å². The molecular formula is C18H17ClN2O6. The van der Waals surface area contributed by atoms with Gasteiger partial charge in [0.25, 0.3) is 5.91 Å². The van der Waals surface area contributed by atoms with Crippen LogP contribution in [0.1, 0.15) is 15.9 Å². The van der Waals surface area contributed by atoms with Crippen molar-refractivity contribution < 1.29 is 29.3 Å². The van der Waals surface area contributed by atoms with Gasteiger partial charge in [0.2, 0.25) is 6.10 Å². The van der Waals surface area contributed by atoms with E-state index in [9.17, 15) is 24.6 Å². The Labute approximate surface area is 159 Å². The zero-order valence-electron chi connectivity index (χ0n) is 14.2. The number of rotatable bonds is 7. The van der Waals surface area contributed by atoms with E-state index in [2.05, 4.69) is 5.32 Å². The Balaban J connectivity index is 2.27. The van der Waals surface area contributed by atoms with Gasteiger partial charge in [0.1, 0.15) is 5.75 Å². The van der Waals surface area contributed by atoms with Crippen molar-refractivity contribution in [1.82, 2.24) is 5.32 Å². The van der Waals surface area contributed by atoms with E-state index in [0.717, 1.165) is 0 Å². The van der Waals surface area contributed by atoms with Gasteiger partial charge in [0.15, 0.2) is 6.04 Å². The number of amides is 1. The minimum atomic E-state index is -1.86. The molecule has 9 heteroatoms. The monoisotopic (exact) mass is 392 g/mol. The van der Waals surface area contributed by atoms with Crippen molar-refractivity contribution in [1.29, 1.82) is 0 Å². The molecule has 2 rings (SSSR count). The van der Waals surface area contributed by atoms with Crippen LogP contribution in [0, 0.1) is 6.92 Å². The van der Waals surface area contributed by atoms with Gasteiger partial charge in [0.05, 0.1) is 0 Å². The van der Waals surface area contributed by atoms with Gasteiger partial charge >= 0.3 is 11.9 Å². The number of hydrogen-bond acceptors (Lipinski definition) is 5. The molecule has 0 saturated carbocycles. The number of carbonyl (C=O) groups is 3. The fraction of sp³-hybridized carbons (Fsp3) is 0.167. The van der Waals surface area contributed by atoms with Crippen LogP contribution in [0.3, 0.4) is 0 Å². The van der Waals surface area contributed by atoms with Crippen LogP contribution in [-0.4, -0.2) is 40.2 Å². The maximum atomic E-state index is 12.3.